The van der Waals surface area contributed by atoms with Crippen LogP contribution in [-0.2, 0) is 15.6 Å². The van der Waals surface area contributed by atoms with Gasteiger partial charge in [-0.2, -0.15) is 0 Å². The number of fused-ring (bicyclic) bond motifs is 1. The van der Waals surface area contributed by atoms with Gasteiger partial charge in [-0.05, 0) is 20.2 Å². The first-order valence-electron chi connectivity index (χ1n) is 7.49. The predicted octanol–water partition coefficient (Wildman–Crippen LogP) is -0.262. The molecule has 0 atom stereocenters. The molecular formula is C15H20N4O5S. The second kappa shape index (κ2) is 7.19. The molecule has 1 N–H and O–H groups in total. The standard InChI is InChI=1S/C15H20N4O5S/c1-17(2)9-8-16-15(20)14-13(10-25(3,23)24)18(21)11-6-4-5-7-12(11)19(14)22/h4-7H,8-10H2,1-3H3,(H,16,20). The molecular weight excluding hydrogens is 348 g/mol. The number of benzene rings is 1. The van der Waals surface area contributed by atoms with Gasteiger partial charge in [0, 0.05) is 30.3 Å². The quantitative estimate of drug-likeness (QED) is 0.702. The molecule has 2 aromatic rings. The normalized spacial score (nSPS) is 11.8. The molecule has 1 aromatic carbocycles. The Balaban J connectivity index is 2.63. The van der Waals surface area contributed by atoms with Crippen molar-refractivity contribution in [1.82, 2.24) is 14.9 Å². The summed E-state index contributed by atoms with van der Waals surface area (Å²) in [5.41, 5.74) is -0.898. The third kappa shape index (κ3) is 4.34. The molecule has 0 spiro atoms. The molecule has 25 heavy (non-hydrogen) atoms. The van der Waals surface area contributed by atoms with Crippen molar-refractivity contribution >= 4 is 26.8 Å². The summed E-state index contributed by atoms with van der Waals surface area (Å²) in [5, 5.41) is 15.1. The van der Waals surface area contributed by atoms with Gasteiger partial charge in [-0.15, -0.1) is 0 Å². The number of rotatable bonds is 6. The van der Waals surface area contributed by atoms with Crippen molar-refractivity contribution in [3.05, 3.63) is 45.8 Å². The van der Waals surface area contributed by atoms with E-state index < -0.39 is 32.9 Å². The zero-order valence-corrected chi connectivity index (χ0v) is 15.0. The van der Waals surface area contributed by atoms with Crippen molar-refractivity contribution in [1.29, 1.82) is 0 Å². The first kappa shape index (κ1) is 18.9. The number of aromatic nitrogens is 2. The number of nitrogens with one attached hydrogen (secondary N) is 1. The predicted molar refractivity (Wildman–Crippen MR) is 93.5 cm³/mol. The van der Waals surface area contributed by atoms with Gasteiger partial charge in [0.05, 0.1) is 10.2 Å². The van der Waals surface area contributed by atoms with Crippen LogP contribution in [-0.4, -0.2) is 57.4 Å². The molecule has 0 aliphatic carbocycles. The van der Waals surface area contributed by atoms with E-state index in [0.717, 1.165) is 6.26 Å². The molecule has 0 fully saturated rings. The first-order valence-corrected chi connectivity index (χ1v) is 9.55. The van der Waals surface area contributed by atoms with E-state index in [1.54, 1.807) is 12.1 Å². The van der Waals surface area contributed by atoms with Crippen LogP contribution in [0.25, 0.3) is 11.0 Å². The molecule has 10 heteroatoms. The summed E-state index contributed by atoms with van der Waals surface area (Å²) in [5.74, 6) is -1.49. The van der Waals surface area contributed by atoms with E-state index in [9.17, 15) is 23.3 Å². The highest BCUT2D eigenvalue weighted by atomic mass is 32.2. The summed E-state index contributed by atoms with van der Waals surface area (Å²) in [6.45, 7) is 0.771. The Morgan fingerprint density at radius 1 is 1.32 bits per heavy atom. The van der Waals surface area contributed by atoms with Crippen molar-refractivity contribution in [2.24, 2.45) is 0 Å². The molecule has 1 amide bonds. The fraction of sp³-hybridized carbons (Fsp3) is 0.400. The summed E-state index contributed by atoms with van der Waals surface area (Å²) in [4.78, 5) is 26.9. The molecule has 9 nitrogen and oxygen atoms in total. The molecule has 2 rings (SSSR count). The number of carbonyl (C=O) groups excluding carboxylic acids is 1. The lowest BCUT2D eigenvalue weighted by Gasteiger charge is -2.18. The van der Waals surface area contributed by atoms with Gasteiger partial charge in [-0.25, -0.2) is 8.42 Å². The zero-order valence-electron chi connectivity index (χ0n) is 14.2. The molecule has 1 aromatic heterocycles. The molecule has 0 saturated heterocycles. The van der Waals surface area contributed by atoms with Gasteiger partial charge in [0.25, 0.3) is 5.52 Å². The first-order chi connectivity index (χ1) is 11.6. The molecule has 0 aliphatic rings. The molecule has 0 radical (unpaired) electrons. The molecule has 136 valence electrons. The minimum absolute atomic E-state index is 0.000918. The van der Waals surface area contributed by atoms with Crippen LogP contribution in [0.4, 0.5) is 0 Å². The van der Waals surface area contributed by atoms with E-state index in [-0.39, 0.29) is 17.6 Å². The van der Waals surface area contributed by atoms with Gasteiger partial charge < -0.3 is 20.2 Å². The van der Waals surface area contributed by atoms with Crippen molar-refractivity contribution in [2.45, 2.75) is 5.75 Å². The zero-order chi connectivity index (χ0) is 18.8. The van der Waals surface area contributed by atoms with Crippen LogP contribution in [0, 0.1) is 10.1 Å². The van der Waals surface area contributed by atoms with Crippen molar-refractivity contribution < 1.29 is 17.6 Å². The molecule has 0 aliphatic heterocycles. The topological polar surface area (TPSA) is 117 Å². The van der Waals surface area contributed by atoms with E-state index in [1.807, 2.05) is 19.0 Å². The molecule has 1 heterocycles. The number of hydrogen-bond acceptors (Lipinski definition) is 6. The van der Waals surface area contributed by atoms with Gasteiger partial charge in [0.2, 0.25) is 0 Å². The van der Waals surface area contributed by atoms with Crippen LogP contribution in [0.1, 0.15) is 16.2 Å². The number of amides is 1. The lowest BCUT2D eigenvalue weighted by atomic mass is 10.2. The van der Waals surface area contributed by atoms with Crippen LogP contribution >= 0.6 is 0 Å². The maximum atomic E-state index is 12.6. The Labute approximate surface area is 145 Å². The van der Waals surface area contributed by atoms with Gasteiger partial charge in [-0.1, -0.05) is 12.1 Å². The van der Waals surface area contributed by atoms with Crippen LogP contribution in [0.3, 0.4) is 0 Å². The minimum atomic E-state index is -3.64. The van der Waals surface area contributed by atoms with E-state index >= 15 is 0 Å². The Bertz CT molecular complexity index is 966. The summed E-state index contributed by atoms with van der Waals surface area (Å²) < 4.78 is 24.0. The van der Waals surface area contributed by atoms with Crippen LogP contribution in [0.15, 0.2) is 24.3 Å². The highest BCUT2D eigenvalue weighted by molar-refractivity contribution is 7.89. The monoisotopic (exact) mass is 368 g/mol. The van der Waals surface area contributed by atoms with Crippen LogP contribution in [0.5, 0.6) is 0 Å². The average molecular weight is 368 g/mol. The maximum absolute atomic E-state index is 12.6. The fourth-order valence-electron chi connectivity index (χ4n) is 2.36. The number of likely N-dealkylation sites (N-methyl/N-ethyl adjacent to an activating group) is 1. The Morgan fingerprint density at radius 3 is 2.56 bits per heavy atom. The SMILES string of the molecule is CN(C)CCNC(=O)c1c(CS(C)(=O)=O)n([O-])c2ccccc2[n+]1=O. The van der Waals surface area contributed by atoms with E-state index in [0.29, 0.717) is 15.7 Å². The summed E-state index contributed by atoms with van der Waals surface area (Å²) in [7, 11) is -0.00409. The second-order valence-electron chi connectivity index (χ2n) is 6.00. The van der Waals surface area contributed by atoms with E-state index in [2.05, 4.69) is 5.32 Å². The number of para-hydroxylation sites is 2. The summed E-state index contributed by atoms with van der Waals surface area (Å²) >= 11 is 0. The number of sulfone groups is 1. The number of nitrogens with zero attached hydrogens (tertiary/aromatic N) is 3. The number of hydrogen-bond donors (Lipinski definition) is 1. The van der Waals surface area contributed by atoms with Gasteiger partial charge in [0.15, 0.2) is 9.84 Å². The van der Waals surface area contributed by atoms with E-state index in [4.69, 9.17) is 0 Å². The minimum Gasteiger partial charge on any atom is -0.805 e. The van der Waals surface area contributed by atoms with Crippen LogP contribution < -0.4 is 9.74 Å². The lowest BCUT2D eigenvalue weighted by Crippen LogP contribution is -2.40. The molecule has 0 bridgehead atoms. The van der Waals surface area contributed by atoms with Gasteiger partial charge >= 0.3 is 11.6 Å². The second-order valence-corrected chi connectivity index (χ2v) is 8.14. The number of carbonyl (C=O) groups is 1. The lowest BCUT2D eigenvalue weighted by molar-refractivity contribution is -0.468. The molecule has 0 saturated carbocycles. The average Bonchev–Trinajstić information content (AvgIpc) is 2.51. The highest BCUT2D eigenvalue weighted by Gasteiger charge is 2.30. The Hall–Kier alpha value is -2.46. The van der Waals surface area contributed by atoms with Gasteiger partial charge in [0.1, 0.15) is 11.2 Å². The Morgan fingerprint density at radius 2 is 1.96 bits per heavy atom. The van der Waals surface area contributed by atoms with Crippen molar-refractivity contribution in [3.63, 3.8) is 0 Å². The maximum Gasteiger partial charge on any atom is 0.347 e. The fourth-order valence-corrected chi connectivity index (χ4v) is 3.11. The smallest absolute Gasteiger partial charge is 0.347 e. The summed E-state index contributed by atoms with van der Waals surface area (Å²) in [6.07, 6.45) is 0.936. The summed E-state index contributed by atoms with van der Waals surface area (Å²) in [6, 6.07) is 5.91. The highest BCUT2D eigenvalue weighted by Crippen LogP contribution is 2.16. The Kier molecular flexibility index (Phi) is 5.43. The van der Waals surface area contributed by atoms with Crippen molar-refractivity contribution in [3.8, 4) is 0 Å². The molecule has 0 unspecified atom stereocenters. The largest absolute Gasteiger partial charge is 0.805 e. The van der Waals surface area contributed by atoms with Crippen LogP contribution in [0.2, 0.25) is 0 Å². The third-order valence-corrected chi connectivity index (χ3v) is 4.30. The van der Waals surface area contributed by atoms with Crippen molar-refractivity contribution in [2.75, 3.05) is 33.4 Å². The van der Waals surface area contributed by atoms with E-state index in [1.165, 1.54) is 12.1 Å². The third-order valence-electron chi connectivity index (χ3n) is 3.50. The van der Waals surface area contributed by atoms with Gasteiger partial charge in [-0.3, -0.25) is 4.79 Å².